The molecule has 2 amide bonds. The molecule has 0 atom stereocenters. The van der Waals surface area contributed by atoms with Crippen molar-refractivity contribution in [2.45, 2.75) is 72.1 Å². The first-order valence-electron chi connectivity index (χ1n) is 8.53. The van der Waals surface area contributed by atoms with E-state index in [2.05, 4.69) is 10.6 Å². The van der Waals surface area contributed by atoms with E-state index in [0.717, 1.165) is 38.5 Å². The maximum atomic E-state index is 11.5. The molecule has 22 heavy (non-hydrogen) atoms. The number of ketones is 1. The van der Waals surface area contributed by atoms with Crippen LogP contribution in [0.5, 0.6) is 0 Å². The van der Waals surface area contributed by atoms with Gasteiger partial charge in [-0.2, -0.15) is 0 Å². The van der Waals surface area contributed by atoms with Crippen molar-refractivity contribution in [3.63, 3.8) is 0 Å². The summed E-state index contributed by atoms with van der Waals surface area (Å²) in [5, 5.41) is 5.46. The molecule has 0 fully saturated rings. The Bertz CT molecular complexity index is 341. The maximum Gasteiger partial charge on any atom is 0.220 e. The average Bonchev–Trinajstić information content (AvgIpc) is 2.47. The summed E-state index contributed by atoms with van der Waals surface area (Å²) < 4.78 is 0. The first kappa shape index (κ1) is 20.6. The van der Waals surface area contributed by atoms with Crippen LogP contribution in [0, 0.1) is 5.92 Å². The second-order valence-corrected chi connectivity index (χ2v) is 5.97. The van der Waals surface area contributed by atoms with Crippen molar-refractivity contribution in [2.75, 3.05) is 13.1 Å². The highest BCUT2D eigenvalue weighted by molar-refractivity contribution is 5.87. The monoisotopic (exact) mass is 312 g/mol. The summed E-state index contributed by atoms with van der Waals surface area (Å²) in [6, 6.07) is 0. The van der Waals surface area contributed by atoms with Crippen LogP contribution >= 0.6 is 0 Å². The molecular weight excluding hydrogens is 280 g/mol. The topological polar surface area (TPSA) is 75.3 Å². The molecule has 0 spiro atoms. The van der Waals surface area contributed by atoms with Crippen LogP contribution < -0.4 is 10.6 Å². The van der Waals surface area contributed by atoms with E-state index in [1.807, 2.05) is 20.8 Å². The number of carbonyl (C=O) groups excluding carboxylic acids is 3. The predicted molar refractivity (Wildman–Crippen MR) is 88.5 cm³/mol. The molecule has 0 aromatic carbocycles. The van der Waals surface area contributed by atoms with E-state index in [1.165, 1.54) is 0 Å². The van der Waals surface area contributed by atoms with Gasteiger partial charge in [0.2, 0.25) is 11.8 Å². The van der Waals surface area contributed by atoms with Gasteiger partial charge in [0.1, 0.15) is 0 Å². The summed E-state index contributed by atoms with van der Waals surface area (Å²) in [5.74, 6) is 0.139. The molecule has 0 aliphatic rings. The fourth-order valence-corrected chi connectivity index (χ4v) is 2.04. The average molecular weight is 312 g/mol. The summed E-state index contributed by atoms with van der Waals surface area (Å²) in [5.41, 5.74) is 0. The highest BCUT2D eigenvalue weighted by Gasteiger charge is 2.08. The Labute approximate surface area is 134 Å². The molecule has 0 saturated carbocycles. The number of amides is 2. The Balaban J connectivity index is 3.37. The summed E-state index contributed by atoms with van der Waals surface area (Å²) in [7, 11) is 0. The maximum absolute atomic E-state index is 11.5. The second kappa shape index (κ2) is 13.3. The Hall–Kier alpha value is -1.39. The molecule has 0 unspecified atom stereocenters. The first-order valence-corrected chi connectivity index (χ1v) is 8.53. The zero-order chi connectivity index (χ0) is 16.8. The Morgan fingerprint density at radius 3 is 1.68 bits per heavy atom. The lowest BCUT2D eigenvalue weighted by molar-refractivity contribution is -0.126. The Kier molecular flexibility index (Phi) is 12.4. The van der Waals surface area contributed by atoms with E-state index in [4.69, 9.17) is 0 Å². The van der Waals surface area contributed by atoms with E-state index in [1.54, 1.807) is 0 Å². The number of nitrogens with one attached hydrogen (secondary N) is 2. The third kappa shape index (κ3) is 12.4. The molecule has 0 radical (unpaired) electrons. The van der Waals surface area contributed by atoms with E-state index in [9.17, 15) is 14.4 Å². The summed E-state index contributed by atoms with van der Waals surface area (Å²) in [6.07, 6.45) is 7.17. The normalized spacial score (nSPS) is 10.5. The van der Waals surface area contributed by atoms with Gasteiger partial charge in [0.05, 0.1) is 6.54 Å². The lowest BCUT2D eigenvalue weighted by Crippen LogP contribution is -2.31. The van der Waals surface area contributed by atoms with E-state index >= 15 is 0 Å². The minimum absolute atomic E-state index is 0.0280. The van der Waals surface area contributed by atoms with Crippen LogP contribution in [0.15, 0.2) is 0 Å². The Morgan fingerprint density at radius 1 is 0.773 bits per heavy atom. The van der Waals surface area contributed by atoms with Crippen molar-refractivity contribution < 1.29 is 14.4 Å². The van der Waals surface area contributed by atoms with Gasteiger partial charge in [0.25, 0.3) is 0 Å². The van der Waals surface area contributed by atoms with E-state index in [0.29, 0.717) is 19.4 Å². The van der Waals surface area contributed by atoms with Crippen LogP contribution in [0.1, 0.15) is 72.1 Å². The SMILES string of the molecule is CCNC(=O)CCCCCCCCC(=O)NCC(=O)C(C)C. The predicted octanol–water partition coefficient (Wildman–Crippen LogP) is 2.58. The van der Waals surface area contributed by atoms with Crippen molar-refractivity contribution in [3.05, 3.63) is 0 Å². The molecule has 128 valence electrons. The number of carbonyl (C=O) groups is 3. The number of hydrogen-bond donors (Lipinski definition) is 2. The molecule has 0 aliphatic carbocycles. The van der Waals surface area contributed by atoms with Gasteiger partial charge in [0, 0.05) is 25.3 Å². The quantitative estimate of drug-likeness (QED) is 0.513. The van der Waals surface area contributed by atoms with Crippen LogP contribution in [0.4, 0.5) is 0 Å². The smallest absolute Gasteiger partial charge is 0.220 e. The summed E-state index contributed by atoms with van der Waals surface area (Å²) >= 11 is 0. The first-order chi connectivity index (χ1) is 10.5. The lowest BCUT2D eigenvalue weighted by atomic mass is 10.1. The highest BCUT2D eigenvalue weighted by Crippen LogP contribution is 2.08. The largest absolute Gasteiger partial charge is 0.356 e. The van der Waals surface area contributed by atoms with Crippen LogP contribution in [-0.4, -0.2) is 30.7 Å². The van der Waals surface area contributed by atoms with Gasteiger partial charge in [-0.05, 0) is 19.8 Å². The summed E-state index contributed by atoms with van der Waals surface area (Å²) in [6.45, 7) is 6.44. The second-order valence-electron chi connectivity index (χ2n) is 5.97. The lowest BCUT2D eigenvalue weighted by Gasteiger charge is -2.06. The minimum atomic E-state index is -0.0368. The molecule has 5 nitrogen and oxygen atoms in total. The fraction of sp³-hybridized carbons (Fsp3) is 0.824. The molecule has 5 heteroatoms. The van der Waals surface area contributed by atoms with Crippen LogP contribution in [-0.2, 0) is 14.4 Å². The molecule has 0 aromatic rings. The number of Topliss-reactive ketones (excluding diaryl/α,β-unsaturated/α-hetero) is 1. The molecule has 0 rings (SSSR count). The molecule has 0 aromatic heterocycles. The zero-order valence-electron chi connectivity index (χ0n) is 14.4. The number of rotatable bonds is 13. The van der Waals surface area contributed by atoms with E-state index in [-0.39, 0.29) is 30.1 Å². The van der Waals surface area contributed by atoms with Crippen LogP contribution in [0.3, 0.4) is 0 Å². The highest BCUT2D eigenvalue weighted by atomic mass is 16.2. The standard InChI is InChI=1S/C17H32N2O3/c1-4-18-16(21)11-9-7-5-6-8-10-12-17(22)19-13-15(20)14(2)3/h14H,4-13H2,1-3H3,(H,18,21)(H,19,22). The van der Waals surface area contributed by atoms with Crippen LogP contribution in [0.25, 0.3) is 0 Å². The van der Waals surface area contributed by atoms with Crippen molar-refractivity contribution in [1.82, 2.24) is 10.6 Å². The third-order valence-electron chi connectivity index (χ3n) is 3.54. The number of unbranched alkanes of at least 4 members (excludes halogenated alkanes) is 5. The van der Waals surface area contributed by atoms with Crippen molar-refractivity contribution in [3.8, 4) is 0 Å². The zero-order valence-corrected chi connectivity index (χ0v) is 14.4. The van der Waals surface area contributed by atoms with Gasteiger partial charge in [-0.15, -0.1) is 0 Å². The van der Waals surface area contributed by atoms with Gasteiger partial charge in [-0.25, -0.2) is 0 Å². The molecule has 0 saturated heterocycles. The number of hydrogen-bond acceptors (Lipinski definition) is 3. The van der Waals surface area contributed by atoms with Crippen molar-refractivity contribution in [1.29, 1.82) is 0 Å². The van der Waals surface area contributed by atoms with Crippen LogP contribution in [0.2, 0.25) is 0 Å². The molecular formula is C17H32N2O3. The third-order valence-corrected chi connectivity index (χ3v) is 3.54. The van der Waals surface area contributed by atoms with Crippen molar-refractivity contribution >= 4 is 17.6 Å². The Morgan fingerprint density at radius 2 is 1.23 bits per heavy atom. The van der Waals surface area contributed by atoms with Gasteiger partial charge < -0.3 is 10.6 Å². The van der Waals surface area contributed by atoms with Gasteiger partial charge in [0.15, 0.2) is 5.78 Å². The molecule has 0 heterocycles. The van der Waals surface area contributed by atoms with Gasteiger partial charge in [-0.1, -0.05) is 39.5 Å². The molecule has 0 bridgehead atoms. The van der Waals surface area contributed by atoms with Gasteiger partial charge >= 0.3 is 0 Å². The van der Waals surface area contributed by atoms with E-state index < -0.39 is 0 Å². The fourth-order valence-electron chi connectivity index (χ4n) is 2.04. The summed E-state index contributed by atoms with van der Waals surface area (Å²) in [4.78, 5) is 34.1. The molecule has 2 N–H and O–H groups in total. The minimum Gasteiger partial charge on any atom is -0.356 e. The molecule has 0 aliphatic heterocycles. The van der Waals surface area contributed by atoms with Gasteiger partial charge in [-0.3, -0.25) is 14.4 Å². The van der Waals surface area contributed by atoms with Crippen molar-refractivity contribution in [2.24, 2.45) is 5.92 Å².